The molecule has 0 radical (unpaired) electrons. The third-order valence-corrected chi connectivity index (χ3v) is 7.65. The van der Waals surface area contributed by atoms with Crippen molar-refractivity contribution in [2.45, 2.75) is 65.6 Å². The Morgan fingerprint density at radius 1 is 1.13 bits per heavy atom. The Morgan fingerprint density at radius 3 is 2.47 bits per heavy atom. The van der Waals surface area contributed by atoms with Crippen molar-refractivity contribution in [3.8, 4) is 11.5 Å². The third-order valence-electron chi connectivity index (χ3n) is 7.65. The second-order valence-corrected chi connectivity index (χ2v) is 10.3. The predicted octanol–water partition coefficient (Wildman–Crippen LogP) is 2.77. The van der Waals surface area contributed by atoms with E-state index in [1.807, 2.05) is 58.0 Å². The van der Waals surface area contributed by atoms with Gasteiger partial charge in [0.15, 0.2) is 11.5 Å². The average molecular weight is 533 g/mol. The van der Waals surface area contributed by atoms with E-state index in [0.717, 1.165) is 24.9 Å². The van der Waals surface area contributed by atoms with Crippen molar-refractivity contribution in [3.63, 3.8) is 0 Å². The minimum atomic E-state index is -0.721. The number of rotatable bonds is 15. The van der Waals surface area contributed by atoms with Crippen LogP contribution in [-0.4, -0.2) is 92.3 Å². The van der Waals surface area contributed by atoms with E-state index < -0.39 is 11.6 Å². The number of amides is 3. The quantitative estimate of drug-likeness (QED) is 0.347. The van der Waals surface area contributed by atoms with Gasteiger partial charge < -0.3 is 34.2 Å². The minimum absolute atomic E-state index is 0.106. The average Bonchev–Trinajstić information content (AvgIpc) is 3.37. The van der Waals surface area contributed by atoms with Crippen LogP contribution in [0.5, 0.6) is 11.5 Å². The minimum Gasteiger partial charge on any atom is -0.454 e. The van der Waals surface area contributed by atoms with Gasteiger partial charge in [0.05, 0.1) is 11.5 Å². The lowest BCUT2D eigenvalue weighted by molar-refractivity contribution is -0.224. The molecule has 10 heteroatoms. The van der Waals surface area contributed by atoms with E-state index in [-0.39, 0.29) is 43.7 Å². The summed E-state index contributed by atoms with van der Waals surface area (Å²) in [6.45, 7) is 9.76. The van der Waals surface area contributed by atoms with E-state index in [1.165, 1.54) is 4.90 Å². The Kier molecular flexibility index (Phi) is 10.4. The molecule has 1 saturated heterocycles. The van der Waals surface area contributed by atoms with Gasteiger partial charge in [0, 0.05) is 19.6 Å². The van der Waals surface area contributed by atoms with Gasteiger partial charge in [-0.05, 0) is 58.0 Å². The first kappa shape index (κ1) is 29.7. The molecule has 2 aliphatic heterocycles. The highest BCUT2D eigenvalue weighted by molar-refractivity contribution is 5.93. The number of ether oxygens (including phenoxy) is 3. The molecular weight excluding hydrogens is 488 g/mol. The van der Waals surface area contributed by atoms with Gasteiger partial charge in [-0.15, -0.1) is 0 Å². The number of carbonyl (C=O) groups excluding carboxylic acids is 3. The Hall–Kier alpha value is -2.85. The monoisotopic (exact) mass is 532 g/mol. The van der Waals surface area contributed by atoms with Gasteiger partial charge >= 0.3 is 0 Å². The Labute approximate surface area is 226 Å². The SMILES string of the molecule is CCC[C@@H](NC(=O)CN1C(=O)C(CC)(CC)[C@@H]1OCC(=O)N(CC)CCN(C)C)c1ccc2c(c1)OCO2. The van der Waals surface area contributed by atoms with Crippen LogP contribution in [-0.2, 0) is 19.1 Å². The largest absolute Gasteiger partial charge is 0.454 e. The van der Waals surface area contributed by atoms with Crippen LogP contribution in [0.25, 0.3) is 0 Å². The summed E-state index contributed by atoms with van der Waals surface area (Å²) in [7, 11) is 3.93. The topological polar surface area (TPSA) is 101 Å². The van der Waals surface area contributed by atoms with Gasteiger partial charge in [0.25, 0.3) is 0 Å². The van der Waals surface area contributed by atoms with E-state index in [9.17, 15) is 14.4 Å². The van der Waals surface area contributed by atoms with E-state index in [0.29, 0.717) is 37.4 Å². The predicted molar refractivity (Wildman–Crippen MR) is 144 cm³/mol. The maximum Gasteiger partial charge on any atom is 0.248 e. The Bertz CT molecular complexity index is 980. The van der Waals surface area contributed by atoms with Crippen LogP contribution in [0.15, 0.2) is 18.2 Å². The number of benzene rings is 1. The number of nitrogens with one attached hydrogen (secondary N) is 1. The first-order chi connectivity index (χ1) is 18.2. The van der Waals surface area contributed by atoms with Crippen LogP contribution in [0.4, 0.5) is 0 Å². The van der Waals surface area contributed by atoms with E-state index in [2.05, 4.69) is 12.2 Å². The molecule has 38 heavy (non-hydrogen) atoms. The van der Waals surface area contributed by atoms with Crippen LogP contribution in [0.1, 0.15) is 65.0 Å². The summed E-state index contributed by atoms with van der Waals surface area (Å²) in [5, 5.41) is 3.08. The normalized spacial score (nSPS) is 18.3. The zero-order chi connectivity index (χ0) is 27.9. The van der Waals surface area contributed by atoms with Crippen LogP contribution in [0, 0.1) is 5.41 Å². The summed E-state index contributed by atoms with van der Waals surface area (Å²) >= 11 is 0. The summed E-state index contributed by atoms with van der Waals surface area (Å²) in [5.41, 5.74) is 0.202. The van der Waals surface area contributed by atoms with Crippen molar-refractivity contribution in [3.05, 3.63) is 23.8 Å². The second kappa shape index (κ2) is 13.3. The lowest BCUT2D eigenvalue weighted by Gasteiger charge is -2.54. The van der Waals surface area contributed by atoms with Crippen molar-refractivity contribution < 1.29 is 28.6 Å². The molecular formula is C28H44N4O6. The third kappa shape index (κ3) is 6.40. The molecule has 0 aromatic heterocycles. The van der Waals surface area contributed by atoms with Gasteiger partial charge in [-0.3, -0.25) is 14.4 Å². The number of nitrogens with zero attached hydrogens (tertiary/aromatic N) is 3. The first-order valence-corrected chi connectivity index (χ1v) is 13.7. The molecule has 1 fully saturated rings. The highest BCUT2D eigenvalue weighted by Crippen LogP contribution is 2.45. The summed E-state index contributed by atoms with van der Waals surface area (Å²) in [5.74, 6) is 0.859. The number of fused-ring (bicyclic) bond motifs is 1. The summed E-state index contributed by atoms with van der Waals surface area (Å²) in [6, 6.07) is 5.44. The fourth-order valence-electron chi connectivity index (χ4n) is 5.19. The summed E-state index contributed by atoms with van der Waals surface area (Å²) < 4.78 is 17.0. The number of likely N-dealkylation sites (tertiary alicyclic amines) is 1. The van der Waals surface area contributed by atoms with Crippen LogP contribution >= 0.6 is 0 Å². The van der Waals surface area contributed by atoms with E-state index in [4.69, 9.17) is 14.2 Å². The molecule has 2 heterocycles. The molecule has 1 aromatic rings. The molecule has 2 atom stereocenters. The highest BCUT2D eigenvalue weighted by Gasteiger charge is 2.59. The van der Waals surface area contributed by atoms with E-state index in [1.54, 1.807) is 4.90 Å². The van der Waals surface area contributed by atoms with Crippen molar-refractivity contribution in [1.82, 2.24) is 20.0 Å². The van der Waals surface area contributed by atoms with Crippen LogP contribution < -0.4 is 14.8 Å². The van der Waals surface area contributed by atoms with Gasteiger partial charge in [0.2, 0.25) is 24.5 Å². The number of likely N-dealkylation sites (N-methyl/N-ethyl adjacent to an activating group) is 2. The molecule has 1 aromatic carbocycles. The molecule has 0 unspecified atom stereocenters. The summed E-state index contributed by atoms with van der Waals surface area (Å²) in [6.07, 6.45) is 2.14. The lowest BCUT2D eigenvalue weighted by Crippen LogP contribution is -2.71. The van der Waals surface area contributed by atoms with Crippen molar-refractivity contribution in [1.29, 1.82) is 0 Å². The molecule has 0 aliphatic carbocycles. The maximum absolute atomic E-state index is 13.2. The second-order valence-electron chi connectivity index (χ2n) is 10.3. The molecule has 1 N–H and O–H groups in total. The molecule has 2 aliphatic rings. The standard InChI is InChI=1S/C28H44N4O6/c1-7-11-21(20-12-13-22-23(16-20)38-19-37-22)29-24(33)17-32-26(35)28(8-2,9-3)27(32)36-18-25(34)31(10-4)15-14-30(5)6/h12-13,16,21,27H,7-11,14-15,17-19H2,1-6H3,(H,29,33)/t21-,27+/m1/s1. The fourth-order valence-corrected chi connectivity index (χ4v) is 5.19. The van der Waals surface area contributed by atoms with Crippen LogP contribution in [0.2, 0.25) is 0 Å². The summed E-state index contributed by atoms with van der Waals surface area (Å²) in [4.78, 5) is 44.5. The van der Waals surface area contributed by atoms with Gasteiger partial charge in [0.1, 0.15) is 19.4 Å². The smallest absolute Gasteiger partial charge is 0.248 e. The number of hydrogen-bond donors (Lipinski definition) is 1. The van der Waals surface area contributed by atoms with E-state index >= 15 is 0 Å². The van der Waals surface area contributed by atoms with Crippen LogP contribution in [0.3, 0.4) is 0 Å². The van der Waals surface area contributed by atoms with Gasteiger partial charge in [-0.25, -0.2) is 0 Å². The lowest BCUT2D eigenvalue weighted by atomic mass is 9.71. The molecule has 0 spiro atoms. The molecule has 10 nitrogen and oxygen atoms in total. The zero-order valence-corrected chi connectivity index (χ0v) is 23.7. The Morgan fingerprint density at radius 2 is 1.84 bits per heavy atom. The highest BCUT2D eigenvalue weighted by atomic mass is 16.7. The van der Waals surface area contributed by atoms with Crippen molar-refractivity contribution >= 4 is 17.7 Å². The van der Waals surface area contributed by atoms with Crippen molar-refractivity contribution in [2.24, 2.45) is 5.41 Å². The van der Waals surface area contributed by atoms with Crippen molar-refractivity contribution in [2.75, 3.05) is 53.7 Å². The maximum atomic E-state index is 13.2. The first-order valence-electron chi connectivity index (χ1n) is 13.7. The molecule has 3 amide bonds. The molecule has 212 valence electrons. The molecule has 0 saturated carbocycles. The molecule has 3 rings (SSSR count). The zero-order valence-electron chi connectivity index (χ0n) is 23.7. The fraction of sp³-hybridized carbons (Fsp3) is 0.679. The van der Waals surface area contributed by atoms with Gasteiger partial charge in [-0.1, -0.05) is 33.3 Å². The van der Waals surface area contributed by atoms with Gasteiger partial charge in [-0.2, -0.15) is 0 Å². The Balaban J connectivity index is 1.66. The molecule has 0 bridgehead atoms. The number of hydrogen-bond acceptors (Lipinski definition) is 7. The number of β-lactam (4-membered cyclic amide) rings is 1. The number of carbonyl (C=O) groups is 3.